The number of likely N-dealkylation sites (tertiary alicyclic amines) is 1. The second kappa shape index (κ2) is 8.57. The van der Waals surface area contributed by atoms with Crippen LogP contribution in [-0.2, 0) is 11.3 Å². The average Bonchev–Trinajstić information content (AvgIpc) is 2.62. The largest absolute Gasteiger partial charge is 0.324 e. The number of carbonyl (C=O) groups excluding carboxylic acids is 1. The third kappa shape index (κ3) is 4.68. The Morgan fingerprint density at radius 3 is 2.54 bits per heavy atom. The van der Waals surface area contributed by atoms with Gasteiger partial charge in [0.05, 0.1) is 10.7 Å². The van der Waals surface area contributed by atoms with Crippen molar-refractivity contribution in [2.24, 2.45) is 5.92 Å². The van der Waals surface area contributed by atoms with Crippen LogP contribution in [0.15, 0.2) is 36.4 Å². The Bertz CT molecular complexity index is 787. The smallest absolute Gasteiger partial charge is 0.227 e. The molecular weight excluding hydrogens is 398 g/mol. The third-order valence-electron chi connectivity index (χ3n) is 4.59. The molecule has 1 aliphatic heterocycles. The molecule has 0 aliphatic carbocycles. The van der Waals surface area contributed by atoms with Crippen LogP contribution in [0.2, 0.25) is 15.1 Å². The third-order valence-corrected chi connectivity index (χ3v) is 5.51. The Kier molecular flexibility index (Phi) is 6.41. The Labute approximate surface area is 167 Å². The highest BCUT2D eigenvalue weighted by Crippen LogP contribution is 2.28. The molecule has 0 unspecified atom stereocenters. The number of amides is 1. The lowest BCUT2D eigenvalue weighted by atomic mass is 9.95. The number of hydrogen-bond acceptors (Lipinski definition) is 2. The van der Waals surface area contributed by atoms with E-state index in [9.17, 15) is 9.18 Å². The SMILES string of the molecule is O=C(Nc1cc(Cl)ccc1Cl)C1CCN(Cc2c(F)cccc2Cl)CC1. The Hall–Kier alpha value is -1.33. The molecule has 2 aromatic rings. The topological polar surface area (TPSA) is 32.3 Å². The van der Waals surface area contributed by atoms with Gasteiger partial charge < -0.3 is 5.32 Å². The summed E-state index contributed by atoms with van der Waals surface area (Å²) < 4.78 is 13.9. The van der Waals surface area contributed by atoms with Crippen molar-refractivity contribution >= 4 is 46.4 Å². The zero-order chi connectivity index (χ0) is 18.7. The van der Waals surface area contributed by atoms with Gasteiger partial charge in [0.1, 0.15) is 5.82 Å². The molecule has 0 bridgehead atoms. The van der Waals surface area contributed by atoms with Crippen LogP contribution in [0, 0.1) is 11.7 Å². The van der Waals surface area contributed by atoms with Gasteiger partial charge in [-0.25, -0.2) is 4.39 Å². The van der Waals surface area contributed by atoms with Crippen molar-refractivity contribution in [2.75, 3.05) is 18.4 Å². The van der Waals surface area contributed by atoms with Crippen molar-refractivity contribution in [2.45, 2.75) is 19.4 Å². The summed E-state index contributed by atoms with van der Waals surface area (Å²) in [5.74, 6) is -0.483. The number of halogens is 4. The molecule has 1 fully saturated rings. The quantitative estimate of drug-likeness (QED) is 0.701. The van der Waals surface area contributed by atoms with E-state index in [1.807, 2.05) is 0 Å². The van der Waals surface area contributed by atoms with Crippen molar-refractivity contribution in [1.82, 2.24) is 4.90 Å². The monoisotopic (exact) mass is 414 g/mol. The molecule has 3 rings (SSSR count). The van der Waals surface area contributed by atoms with E-state index in [-0.39, 0.29) is 17.6 Å². The summed E-state index contributed by atoms with van der Waals surface area (Å²) in [7, 11) is 0. The Balaban J connectivity index is 1.56. The second-order valence-electron chi connectivity index (χ2n) is 6.36. The zero-order valence-electron chi connectivity index (χ0n) is 13.9. The van der Waals surface area contributed by atoms with Crippen molar-refractivity contribution in [3.8, 4) is 0 Å². The summed E-state index contributed by atoms with van der Waals surface area (Å²) in [6, 6.07) is 9.66. The maximum Gasteiger partial charge on any atom is 0.227 e. The van der Waals surface area contributed by atoms with E-state index in [2.05, 4.69) is 10.2 Å². The predicted molar refractivity (Wildman–Crippen MR) is 105 cm³/mol. The maximum atomic E-state index is 13.9. The molecule has 1 aliphatic rings. The average molecular weight is 416 g/mol. The van der Waals surface area contributed by atoms with Crippen molar-refractivity contribution in [1.29, 1.82) is 0 Å². The van der Waals surface area contributed by atoms with E-state index in [1.165, 1.54) is 6.07 Å². The molecule has 0 spiro atoms. The summed E-state index contributed by atoms with van der Waals surface area (Å²) in [6.45, 7) is 1.85. The van der Waals surface area contributed by atoms with E-state index in [0.29, 0.717) is 58.8 Å². The minimum atomic E-state index is -0.298. The maximum absolute atomic E-state index is 13.9. The van der Waals surface area contributed by atoms with Crippen LogP contribution in [0.4, 0.5) is 10.1 Å². The minimum absolute atomic E-state index is 0.0715. The van der Waals surface area contributed by atoms with Gasteiger partial charge in [0.15, 0.2) is 0 Å². The summed E-state index contributed by atoms with van der Waals surface area (Å²) in [6.07, 6.45) is 1.38. The van der Waals surface area contributed by atoms with Crippen molar-refractivity contribution in [3.05, 3.63) is 62.8 Å². The van der Waals surface area contributed by atoms with Gasteiger partial charge in [0.2, 0.25) is 5.91 Å². The van der Waals surface area contributed by atoms with E-state index in [0.717, 1.165) is 0 Å². The summed E-state index contributed by atoms with van der Waals surface area (Å²) in [5.41, 5.74) is 1.02. The van der Waals surface area contributed by atoms with Gasteiger partial charge in [-0.15, -0.1) is 0 Å². The number of piperidine rings is 1. The van der Waals surface area contributed by atoms with E-state index >= 15 is 0 Å². The highest BCUT2D eigenvalue weighted by molar-refractivity contribution is 6.35. The van der Waals surface area contributed by atoms with Gasteiger partial charge in [-0.1, -0.05) is 40.9 Å². The molecule has 0 radical (unpaired) electrons. The molecule has 1 heterocycles. The molecule has 0 atom stereocenters. The molecule has 26 heavy (non-hydrogen) atoms. The van der Waals surface area contributed by atoms with E-state index < -0.39 is 0 Å². The molecule has 0 aromatic heterocycles. The standard InChI is InChI=1S/C19H18Cl3FN2O/c20-13-4-5-16(22)18(10-13)24-19(26)12-6-8-25(9-7-12)11-14-15(21)2-1-3-17(14)23/h1-5,10,12H,6-9,11H2,(H,24,26). The fraction of sp³-hybridized carbons (Fsp3) is 0.316. The zero-order valence-corrected chi connectivity index (χ0v) is 16.2. The predicted octanol–water partition coefficient (Wildman–Crippen LogP) is 5.64. The first kappa shape index (κ1) is 19.4. The number of nitrogens with one attached hydrogen (secondary N) is 1. The van der Waals surface area contributed by atoms with Crippen LogP contribution < -0.4 is 5.32 Å². The molecule has 138 valence electrons. The number of rotatable bonds is 4. The fourth-order valence-electron chi connectivity index (χ4n) is 3.09. The van der Waals surface area contributed by atoms with Gasteiger partial charge in [0, 0.05) is 28.1 Å². The Morgan fingerprint density at radius 1 is 1.12 bits per heavy atom. The molecule has 3 nitrogen and oxygen atoms in total. The van der Waals surface area contributed by atoms with Crippen LogP contribution in [0.1, 0.15) is 18.4 Å². The molecule has 7 heteroatoms. The lowest BCUT2D eigenvalue weighted by Gasteiger charge is -2.31. The minimum Gasteiger partial charge on any atom is -0.324 e. The second-order valence-corrected chi connectivity index (χ2v) is 7.61. The molecule has 1 saturated heterocycles. The van der Waals surface area contributed by atoms with Gasteiger partial charge in [-0.05, 0) is 56.3 Å². The number of nitrogens with zero attached hydrogens (tertiary/aromatic N) is 1. The first-order valence-electron chi connectivity index (χ1n) is 8.35. The molecule has 1 N–H and O–H groups in total. The molecule has 2 aromatic carbocycles. The molecule has 0 saturated carbocycles. The van der Waals surface area contributed by atoms with E-state index in [4.69, 9.17) is 34.8 Å². The van der Waals surface area contributed by atoms with Crippen LogP contribution in [0.25, 0.3) is 0 Å². The number of carbonyl (C=O) groups is 1. The number of hydrogen-bond donors (Lipinski definition) is 1. The molecule has 1 amide bonds. The van der Waals surface area contributed by atoms with Crippen LogP contribution in [-0.4, -0.2) is 23.9 Å². The first-order chi connectivity index (χ1) is 12.4. The first-order valence-corrected chi connectivity index (χ1v) is 9.48. The van der Waals surface area contributed by atoms with Gasteiger partial charge in [-0.2, -0.15) is 0 Å². The van der Waals surface area contributed by atoms with Crippen molar-refractivity contribution in [3.63, 3.8) is 0 Å². The lowest BCUT2D eigenvalue weighted by Crippen LogP contribution is -2.38. The highest BCUT2D eigenvalue weighted by atomic mass is 35.5. The van der Waals surface area contributed by atoms with E-state index in [1.54, 1.807) is 30.3 Å². The van der Waals surface area contributed by atoms with Crippen LogP contribution in [0.3, 0.4) is 0 Å². The molecular formula is C19H18Cl3FN2O. The normalized spacial score (nSPS) is 15.8. The van der Waals surface area contributed by atoms with Crippen LogP contribution in [0.5, 0.6) is 0 Å². The highest BCUT2D eigenvalue weighted by Gasteiger charge is 2.26. The fourth-order valence-corrected chi connectivity index (χ4v) is 3.65. The Morgan fingerprint density at radius 2 is 1.85 bits per heavy atom. The number of anilines is 1. The lowest BCUT2D eigenvalue weighted by molar-refractivity contribution is -0.121. The van der Waals surface area contributed by atoms with Gasteiger partial charge >= 0.3 is 0 Å². The van der Waals surface area contributed by atoms with Gasteiger partial charge in [0.25, 0.3) is 0 Å². The van der Waals surface area contributed by atoms with Crippen LogP contribution >= 0.6 is 34.8 Å². The summed E-state index contributed by atoms with van der Waals surface area (Å²) in [5, 5.41) is 4.25. The summed E-state index contributed by atoms with van der Waals surface area (Å²) >= 11 is 18.1. The summed E-state index contributed by atoms with van der Waals surface area (Å²) in [4.78, 5) is 14.6. The van der Waals surface area contributed by atoms with Crippen molar-refractivity contribution < 1.29 is 9.18 Å². The number of benzene rings is 2. The van der Waals surface area contributed by atoms with Gasteiger partial charge in [-0.3, -0.25) is 9.69 Å².